The quantitative estimate of drug-likeness (QED) is 0.899. The van der Waals surface area contributed by atoms with Gasteiger partial charge in [0.15, 0.2) is 0 Å². The molecule has 0 atom stereocenters. The minimum absolute atomic E-state index is 0.735. The standard InChI is InChI=1S/C13H16ClN3/c1-3-17-11(7-8-16-17)9-15-13-10(2)5-4-6-12(13)14/h4-8,15H,3,9H2,1-2H3. The highest BCUT2D eigenvalue weighted by Gasteiger charge is 2.05. The highest BCUT2D eigenvalue weighted by molar-refractivity contribution is 6.33. The molecule has 0 bridgehead atoms. The van der Waals surface area contributed by atoms with Gasteiger partial charge in [-0.2, -0.15) is 5.10 Å². The van der Waals surface area contributed by atoms with Gasteiger partial charge in [0.25, 0.3) is 0 Å². The molecule has 0 amide bonds. The Labute approximate surface area is 106 Å². The van der Waals surface area contributed by atoms with Gasteiger partial charge in [-0.25, -0.2) is 0 Å². The molecule has 0 spiro atoms. The molecule has 1 aromatic carbocycles. The van der Waals surface area contributed by atoms with Crippen LogP contribution in [0.4, 0.5) is 5.69 Å². The molecule has 2 rings (SSSR count). The van der Waals surface area contributed by atoms with Crippen molar-refractivity contribution in [2.45, 2.75) is 26.9 Å². The van der Waals surface area contributed by atoms with Crippen LogP contribution >= 0.6 is 11.6 Å². The van der Waals surface area contributed by atoms with E-state index in [4.69, 9.17) is 11.6 Å². The van der Waals surface area contributed by atoms with Crippen LogP contribution in [-0.2, 0) is 13.1 Å². The maximum absolute atomic E-state index is 6.16. The molecule has 0 saturated heterocycles. The maximum Gasteiger partial charge on any atom is 0.0640 e. The molecule has 3 nitrogen and oxygen atoms in total. The lowest BCUT2D eigenvalue weighted by Crippen LogP contribution is -2.08. The Hall–Kier alpha value is -1.48. The topological polar surface area (TPSA) is 29.9 Å². The van der Waals surface area contributed by atoms with Gasteiger partial charge in [-0.05, 0) is 31.5 Å². The monoisotopic (exact) mass is 249 g/mol. The van der Waals surface area contributed by atoms with Crippen LogP contribution < -0.4 is 5.32 Å². The lowest BCUT2D eigenvalue weighted by Gasteiger charge is -2.12. The van der Waals surface area contributed by atoms with Gasteiger partial charge in [-0.15, -0.1) is 0 Å². The molecule has 2 aromatic rings. The predicted octanol–water partition coefficient (Wildman–Crippen LogP) is 3.48. The van der Waals surface area contributed by atoms with E-state index in [-0.39, 0.29) is 0 Å². The summed E-state index contributed by atoms with van der Waals surface area (Å²) in [5.74, 6) is 0. The van der Waals surface area contributed by atoms with Crippen LogP contribution in [0.5, 0.6) is 0 Å². The van der Waals surface area contributed by atoms with E-state index < -0.39 is 0 Å². The Bertz CT molecular complexity index is 485. The number of nitrogens with one attached hydrogen (secondary N) is 1. The fourth-order valence-corrected chi connectivity index (χ4v) is 2.12. The second-order valence-corrected chi connectivity index (χ2v) is 4.33. The predicted molar refractivity (Wildman–Crippen MR) is 71.4 cm³/mol. The third-order valence-electron chi connectivity index (χ3n) is 2.77. The number of anilines is 1. The molecule has 0 aliphatic heterocycles. The van der Waals surface area contributed by atoms with Gasteiger partial charge in [0, 0.05) is 12.7 Å². The molecule has 0 unspecified atom stereocenters. The SMILES string of the molecule is CCn1nccc1CNc1c(C)cccc1Cl. The van der Waals surface area contributed by atoms with Crippen molar-refractivity contribution in [3.8, 4) is 0 Å². The van der Waals surface area contributed by atoms with E-state index >= 15 is 0 Å². The lowest BCUT2D eigenvalue weighted by atomic mass is 10.2. The summed E-state index contributed by atoms with van der Waals surface area (Å²) in [7, 11) is 0. The number of hydrogen-bond donors (Lipinski definition) is 1. The van der Waals surface area contributed by atoms with E-state index in [1.165, 1.54) is 0 Å². The molecule has 0 aliphatic carbocycles. The smallest absolute Gasteiger partial charge is 0.0640 e. The van der Waals surface area contributed by atoms with Crippen LogP contribution in [0.3, 0.4) is 0 Å². The molecular formula is C13H16ClN3. The number of benzene rings is 1. The fraction of sp³-hybridized carbons (Fsp3) is 0.308. The highest BCUT2D eigenvalue weighted by atomic mass is 35.5. The molecule has 17 heavy (non-hydrogen) atoms. The summed E-state index contributed by atoms with van der Waals surface area (Å²) in [6.45, 7) is 5.74. The number of halogens is 1. The summed E-state index contributed by atoms with van der Waals surface area (Å²) in [5, 5.41) is 8.36. The van der Waals surface area contributed by atoms with Crippen molar-refractivity contribution in [2.24, 2.45) is 0 Å². The number of para-hydroxylation sites is 1. The molecule has 1 heterocycles. The summed E-state index contributed by atoms with van der Waals surface area (Å²) in [6.07, 6.45) is 1.82. The van der Waals surface area contributed by atoms with Crippen LogP contribution in [-0.4, -0.2) is 9.78 Å². The Morgan fingerprint density at radius 2 is 2.18 bits per heavy atom. The van der Waals surface area contributed by atoms with Gasteiger partial charge in [0.2, 0.25) is 0 Å². The van der Waals surface area contributed by atoms with E-state index in [9.17, 15) is 0 Å². The molecule has 90 valence electrons. The average molecular weight is 250 g/mol. The molecule has 4 heteroatoms. The second kappa shape index (κ2) is 5.23. The van der Waals surface area contributed by atoms with Gasteiger partial charge in [0.1, 0.15) is 0 Å². The zero-order valence-corrected chi connectivity index (χ0v) is 10.8. The van der Waals surface area contributed by atoms with E-state index in [0.717, 1.165) is 35.1 Å². The molecule has 0 saturated carbocycles. The molecule has 0 radical (unpaired) electrons. The van der Waals surface area contributed by atoms with Crippen LogP contribution in [0, 0.1) is 6.92 Å². The summed E-state index contributed by atoms with van der Waals surface area (Å²) >= 11 is 6.16. The zero-order chi connectivity index (χ0) is 12.3. The molecule has 0 fully saturated rings. The summed E-state index contributed by atoms with van der Waals surface area (Å²) < 4.78 is 1.97. The Balaban J connectivity index is 2.13. The molecular weight excluding hydrogens is 234 g/mol. The van der Waals surface area contributed by atoms with E-state index in [2.05, 4.69) is 17.3 Å². The Morgan fingerprint density at radius 3 is 2.88 bits per heavy atom. The third kappa shape index (κ3) is 2.61. The third-order valence-corrected chi connectivity index (χ3v) is 3.09. The van der Waals surface area contributed by atoms with Crippen molar-refractivity contribution >= 4 is 17.3 Å². The first-order valence-corrected chi connectivity index (χ1v) is 6.10. The van der Waals surface area contributed by atoms with E-state index in [1.54, 1.807) is 0 Å². The highest BCUT2D eigenvalue weighted by Crippen LogP contribution is 2.25. The number of aromatic nitrogens is 2. The van der Waals surface area contributed by atoms with Gasteiger partial charge in [-0.1, -0.05) is 23.7 Å². The van der Waals surface area contributed by atoms with Gasteiger partial charge < -0.3 is 5.32 Å². The van der Waals surface area contributed by atoms with Crippen molar-refractivity contribution in [3.63, 3.8) is 0 Å². The lowest BCUT2D eigenvalue weighted by molar-refractivity contribution is 0.627. The van der Waals surface area contributed by atoms with Crippen molar-refractivity contribution in [2.75, 3.05) is 5.32 Å². The average Bonchev–Trinajstić information content (AvgIpc) is 2.76. The first-order chi connectivity index (χ1) is 8.22. The van der Waals surface area contributed by atoms with E-state index in [0.29, 0.717) is 0 Å². The van der Waals surface area contributed by atoms with Crippen LogP contribution in [0.25, 0.3) is 0 Å². The number of nitrogens with zero attached hydrogens (tertiary/aromatic N) is 2. The number of rotatable bonds is 4. The molecule has 0 aliphatic rings. The van der Waals surface area contributed by atoms with E-state index in [1.807, 2.05) is 42.1 Å². The van der Waals surface area contributed by atoms with Crippen molar-refractivity contribution in [1.82, 2.24) is 9.78 Å². The Morgan fingerprint density at radius 1 is 1.35 bits per heavy atom. The summed E-state index contributed by atoms with van der Waals surface area (Å²) in [6, 6.07) is 7.92. The van der Waals surface area contributed by atoms with Crippen molar-refractivity contribution in [3.05, 3.63) is 46.7 Å². The van der Waals surface area contributed by atoms with Crippen LogP contribution in [0.15, 0.2) is 30.5 Å². The molecule has 1 aromatic heterocycles. The van der Waals surface area contributed by atoms with Gasteiger partial charge in [-0.3, -0.25) is 4.68 Å². The first kappa shape index (κ1) is 12.0. The van der Waals surface area contributed by atoms with Gasteiger partial charge >= 0.3 is 0 Å². The van der Waals surface area contributed by atoms with Gasteiger partial charge in [0.05, 0.1) is 22.9 Å². The minimum atomic E-state index is 0.735. The summed E-state index contributed by atoms with van der Waals surface area (Å²) in [5.41, 5.74) is 3.31. The Kier molecular flexibility index (Phi) is 3.69. The van der Waals surface area contributed by atoms with Crippen molar-refractivity contribution in [1.29, 1.82) is 0 Å². The van der Waals surface area contributed by atoms with Crippen LogP contribution in [0.2, 0.25) is 5.02 Å². The second-order valence-electron chi connectivity index (χ2n) is 3.92. The van der Waals surface area contributed by atoms with Crippen LogP contribution in [0.1, 0.15) is 18.2 Å². The minimum Gasteiger partial charge on any atom is -0.378 e. The maximum atomic E-state index is 6.16. The first-order valence-electron chi connectivity index (χ1n) is 5.72. The number of aryl methyl sites for hydroxylation is 2. The number of hydrogen-bond acceptors (Lipinski definition) is 2. The largest absolute Gasteiger partial charge is 0.378 e. The zero-order valence-electron chi connectivity index (χ0n) is 10.1. The summed E-state index contributed by atoms with van der Waals surface area (Å²) in [4.78, 5) is 0. The van der Waals surface area contributed by atoms with Crippen molar-refractivity contribution < 1.29 is 0 Å². The molecule has 1 N–H and O–H groups in total. The fourth-order valence-electron chi connectivity index (χ4n) is 1.83. The normalized spacial score (nSPS) is 10.5.